The highest BCUT2D eigenvalue weighted by Crippen LogP contribution is 2.14. The van der Waals surface area contributed by atoms with E-state index in [1.807, 2.05) is 50.3 Å². The molecule has 0 fully saturated rings. The molecule has 0 unspecified atom stereocenters. The van der Waals surface area contributed by atoms with Gasteiger partial charge in [-0.3, -0.25) is 4.79 Å². The van der Waals surface area contributed by atoms with Gasteiger partial charge in [0.15, 0.2) is 5.76 Å². The molecule has 20 heavy (non-hydrogen) atoms. The minimum atomic E-state index is -0.166. The van der Waals surface area contributed by atoms with E-state index in [1.54, 1.807) is 0 Å². The van der Waals surface area contributed by atoms with Crippen LogP contribution in [0.5, 0.6) is 5.75 Å². The van der Waals surface area contributed by atoms with E-state index in [1.165, 1.54) is 0 Å². The fraction of sp³-hybridized carbons (Fsp3) is 0.438. The molecule has 4 nitrogen and oxygen atoms in total. The molecule has 108 valence electrons. The van der Waals surface area contributed by atoms with Crippen molar-refractivity contribution in [3.63, 3.8) is 0 Å². The lowest BCUT2D eigenvalue weighted by molar-refractivity contribution is -0.122. The minimum absolute atomic E-state index is 0.103. The van der Waals surface area contributed by atoms with Crippen LogP contribution in [0.4, 0.5) is 0 Å². The Balaban J connectivity index is 1.86. The molecular weight excluding hydrogens is 254 g/mol. The third kappa shape index (κ3) is 4.02. The molecular formula is C16H21NO3. The monoisotopic (exact) mass is 275 g/mol. The van der Waals surface area contributed by atoms with Crippen LogP contribution in [0.2, 0.25) is 0 Å². The van der Waals surface area contributed by atoms with Crippen LogP contribution in [0.25, 0.3) is 0 Å². The van der Waals surface area contributed by atoms with Crippen LogP contribution < -0.4 is 10.1 Å². The quantitative estimate of drug-likeness (QED) is 0.898. The first-order chi connectivity index (χ1) is 9.66. The molecule has 0 spiro atoms. The summed E-state index contributed by atoms with van der Waals surface area (Å²) >= 11 is 0. The lowest BCUT2D eigenvalue weighted by Gasteiger charge is -2.23. The number of para-hydroxylation sites is 1. The number of amides is 1. The van der Waals surface area contributed by atoms with Gasteiger partial charge < -0.3 is 14.8 Å². The van der Waals surface area contributed by atoms with Crippen molar-refractivity contribution in [2.45, 2.75) is 38.8 Å². The number of nitrogens with one attached hydrogen (secondary N) is 1. The summed E-state index contributed by atoms with van der Waals surface area (Å²) in [6.07, 6.45) is 3.59. The number of carbonyl (C=O) groups excluding carboxylic acids is 1. The average molecular weight is 275 g/mol. The number of carbonyl (C=O) groups is 1. The smallest absolute Gasteiger partial charge is 0.286 e. The first kappa shape index (κ1) is 14.4. The van der Waals surface area contributed by atoms with Gasteiger partial charge >= 0.3 is 0 Å². The van der Waals surface area contributed by atoms with E-state index >= 15 is 0 Å². The molecule has 0 aliphatic carbocycles. The Kier molecular flexibility index (Phi) is 5.04. The van der Waals surface area contributed by atoms with E-state index in [0.717, 1.165) is 18.6 Å². The molecule has 1 aromatic carbocycles. The maximum atomic E-state index is 12.0. The standard InChI is InChI=1S/C16H21NO3/c1-12(13(2)20-14-8-4-3-5-9-14)17-16(18)15-10-6-7-11-19-15/h3-5,8-10,12-13H,6-7,11H2,1-2H3,(H,17,18)/t12-,13+/m1/s1. The van der Waals surface area contributed by atoms with E-state index < -0.39 is 0 Å². The predicted octanol–water partition coefficient (Wildman–Crippen LogP) is 2.65. The number of benzene rings is 1. The molecule has 1 aromatic rings. The zero-order valence-electron chi connectivity index (χ0n) is 12.0. The van der Waals surface area contributed by atoms with Gasteiger partial charge in [-0.1, -0.05) is 18.2 Å². The molecule has 0 saturated heterocycles. The summed E-state index contributed by atoms with van der Waals surface area (Å²) in [5.41, 5.74) is 0. The van der Waals surface area contributed by atoms with Crippen molar-refractivity contribution in [2.24, 2.45) is 0 Å². The SMILES string of the molecule is C[C@H](Oc1ccccc1)[C@@H](C)NC(=O)C1=CCCCO1. The van der Waals surface area contributed by atoms with Gasteiger partial charge in [0, 0.05) is 0 Å². The Morgan fingerprint density at radius 2 is 2.05 bits per heavy atom. The van der Waals surface area contributed by atoms with E-state index in [0.29, 0.717) is 12.4 Å². The molecule has 1 amide bonds. The Hall–Kier alpha value is -1.97. The molecule has 2 rings (SSSR count). The Bertz CT molecular complexity index is 470. The van der Waals surface area contributed by atoms with Crippen LogP contribution in [0.3, 0.4) is 0 Å². The molecule has 1 N–H and O–H groups in total. The fourth-order valence-corrected chi connectivity index (χ4v) is 1.93. The van der Waals surface area contributed by atoms with Gasteiger partial charge in [-0.15, -0.1) is 0 Å². The topological polar surface area (TPSA) is 47.6 Å². The molecule has 0 aromatic heterocycles. The summed E-state index contributed by atoms with van der Waals surface area (Å²) in [6, 6.07) is 9.48. The zero-order valence-corrected chi connectivity index (χ0v) is 12.0. The van der Waals surface area contributed by atoms with E-state index in [9.17, 15) is 4.79 Å². The number of rotatable bonds is 5. The Labute approximate surface area is 119 Å². The predicted molar refractivity (Wildman–Crippen MR) is 77.4 cm³/mol. The van der Waals surface area contributed by atoms with Crippen molar-refractivity contribution in [2.75, 3.05) is 6.61 Å². The summed E-state index contributed by atoms with van der Waals surface area (Å²) in [6.45, 7) is 4.48. The normalized spacial score (nSPS) is 17.4. The Morgan fingerprint density at radius 1 is 1.30 bits per heavy atom. The molecule has 0 bridgehead atoms. The van der Waals surface area contributed by atoms with Crippen LogP contribution in [0.15, 0.2) is 42.2 Å². The van der Waals surface area contributed by atoms with Crippen LogP contribution >= 0.6 is 0 Å². The minimum Gasteiger partial charge on any atom is -0.489 e. The third-order valence-electron chi connectivity index (χ3n) is 3.29. The van der Waals surface area contributed by atoms with Crippen LogP contribution in [0, 0.1) is 0 Å². The maximum Gasteiger partial charge on any atom is 0.286 e. The van der Waals surface area contributed by atoms with Gasteiger partial charge in [-0.25, -0.2) is 0 Å². The van der Waals surface area contributed by atoms with Gasteiger partial charge in [0.05, 0.1) is 12.6 Å². The van der Waals surface area contributed by atoms with Crippen molar-refractivity contribution in [1.29, 1.82) is 0 Å². The maximum absolute atomic E-state index is 12.0. The van der Waals surface area contributed by atoms with Gasteiger partial charge in [0.25, 0.3) is 5.91 Å². The van der Waals surface area contributed by atoms with Crippen LogP contribution in [-0.2, 0) is 9.53 Å². The van der Waals surface area contributed by atoms with Crippen molar-refractivity contribution in [3.8, 4) is 5.75 Å². The zero-order chi connectivity index (χ0) is 14.4. The van der Waals surface area contributed by atoms with Gasteiger partial charge in [-0.2, -0.15) is 0 Å². The van der Waals surface area contributed by atoms with Crippen LogP contribution in [-0.4, -0.2) is 24.7 Å². The molecule has 0 saturated carbocycles. The van der Waals surface area contributed by atoms with E-state index in [4.69, 9.17) is 9.47 Å². The highest BCUT2D eigenvalue weighted by atomic mass is 16.5. The van der Waals surface area contributed by atoms with Gasteiger partial charge in [0.1, 0.15) is 11.9 Å². The highest BCUT2D eigenvalue weighted by Gasteiger charge is 2.20. The number of hydrogen-bond donors (Lipinski definition) is 1. The van der Waals surface area contributed by atoms with Crippen molar-refractivity contribution in [1.82, 2.24) is 5.32 Å². The molecule has 1 heterocycles. The van der Waals surface area contributed by atoms with E-state index in [2.05, 4.69) is 5.32 Å². The second-order valence-corrected chi connectivity index (χ2v) is 4.96. The van der Waals surface area contributed by atoms with Crippen molar-refractivity contribution in [3.05, 3.63) is 42.2 Å². The summed E-state index contributed by atoms with van der Waals surface area (Å²) < 4.78 is 11.1. The fourth-order valence-electron chi connectivity index (χ4n) is 1.93. The molecule has 1 aliphatic heterocycles. The summed E-state index contributed by atoms with van der Waals surface area (Å²) in [5.74, 6) is 1.06. The molecule has 4 heteroatoms. The first-order valence-corrected chi connectivity index (χ1v) is 7.02. The highest BCUT2D eigenvalue weighted by molar-refractivity contribution is 5.91. The number of allylic oxidation sites excluding steroid dienone is 1. The molecule has 2 atom stereocenters. The second-order valence-electron chi connectivity index (χ2n) is 4.96. The van der Waals surface area contributed by atoms with Crippen LogP contribution in [0.1, 0.15) is 26.7 Å². The third-order valence-corrected chi connectivity index (χ3v) is 3.29. The number of ether oxygens (including phenoxy) is 2. The summed E-state index contributed by atoms with van der Waals surface area (Å²) in [7, 11) is 0. The lowest BCUT2D eigenvalue weighted by Crippen LogP contribution is -2.43. The Morgan fingerprint density at radius 3 is 2.70 bits per heavy atom. The van der Waals surface area contributed by atoms with Crippen molar-refractivity contribution < 1.29 is 14.3 Å². The van der Waals surface area contributed by atoms with E-state index in [-0.39, 0.29) is 18.1 Å². The number of hydrogen-bond acceptors (Lipinski definition) is 3. The first-order valence-electron chi connectivity index (χ1n) is 7.02. The van der Waals surface area contributed by atoms with Crippen molar-refractivity contribution >= 4 is 5.91 Å². The van der Waals surface area contributed by atoms with Gasteiger partial charge in [0.2, 0.25) is 0 Å². The summed E-state index contributed by atoms with van der Waals surface area (Å²) in [5, 5.41) is 2.91. The molecule has 0 radical (unpaired) electrons. The second kappa shape index (κ2) is 6.98. The largest absolute Gasteiger partial charge is 0.489 e. The lowest BCUT2D eigenvalue weighted by atomic mass is 10.2. The summed E-state index contributed by atoms with van der Waals surface area (Å²) in [4.78, 5) is 12.0. The molecule has 1 aliphatic rings. The average Bonchev–Trinajstić information content (AvgIpc) is 2.49. The van der Waals surface area contributed by atoms with Gasteiger partial charge in [-0.05, 0) is 44.9 Å².